The molecule has 3 aromatic rings. The summed E-state index contributed by atoms with van der Waals surface area (Å²) in [5, 5.41) is 4.40. The highest BCUT2D eigenvalue weighted by atomic mass is 35.5. The van der Waals surface area contributed by atoms with Crippen molar-refractivity contribution < 1.29 is 0 Å². The molecule has 34 heavy (non-hydrogen) atoms. The second-order valence-electron chi connectivity index (χ2n) is 10.4. The van der Waals surface area contributed by atoms with Gasteiger partial charge in [-0.3, -0.25) is 14.3 Å². The van der Waals surface area contributed by atoms with E-state index in [0.29, 0.717) is 16.5 Å². The molecule has 0 bridgehead atoms. The number of hydrogen-bond acceptors (Lipinski definition) is 5. The van der Waals surface area contributed by atoms with Gasteiger partial charge in [0.2, 0.25) is 0 Å². The lowest BCUT2D eigenvalue weighted by molar-refractivity contribution is 0.138. The summed E-state index contributed by atoms with van der Waals surface area (Å²) in [6.07, 6.45) is 5.68. The fourth-order valence-corrected chi connectivity index (χ4v) is 6.99. The molecule has 3 aliphatic heterocycles. The quantitative estimate of drug-likeness (QED) is 0.612. The summed E-state index contributed by atoms with van der Waals surface area (Å²) in [7, 11) is 0. The van der Waals surface area contributed by atoms with Crippen LogP contribution in [0.15, 0.2) is 41.2 Å². The van der Waals surface area contributed by atoms with Crippen LogP contribution in [0.4, 0.5) is 5.69 Å². The Morgan fingerprint density at radius 1 is 1.00 bits per heavy atom. The van der Waals surface area contributed by atoms with Gasteiger partial charge in [-0.05, 0) is 48.7 Å². The highest BCUT2D eigenvalue weighted by Crippen LogP contribution is 2.52. The molecular formula is C27H30ClN5O. The first-order valence-electron chi connectivity index (χ1n) is 12.7. The molecule has 1 saturated carbocycles. The van der Waals surface area contributed by atoms with E-state index in [2.05, 4.69) is 37.9 Å². The van der Waals surface area contributed by atoms with Crippen molar-refractivity contribution in [1.29, 1.82) is 0 Å². The van der Waals surface area contributed by atoms with E-state index in [9.17, 15) is 4.79 Å². The monoisotopic (exact) mass is 475 g/mol. The molecule has 7 rings (SSSR count). The lowest BCUT2D eigenvalue weighted by atomic mass is 9.69. The van der Waals surface area contributed by atoms with Crippen molar-refractivity contribution in [3.05, 3.63) is 63.2 Å². The molecule has 4 heterocycles. The molecule has 0 atom stereocenters. The van der Waals surface area contributed by atoms with E-state index >= 15 is 0 Å². The molecule has 3 fully saturated rings. The van der Waals surface area contributed by atoms with Gasteiger partial charge in [-0.25, -0.2) is 0 Å². The van der Waals surface area contributed by atoms with Crippen molar-refractivity contribution in [2.75, 3.05) is 44.2 Å². The van der Waals surface area contributed by atoms with E-state index in [1.807, 2.05) is 12.1 Å². The zero-order valence-corrected chi connectivity index (χ0v) is 20.2. The minimum Gasteiger partial charge on any atom is -0.369 e. The number of hydrogen-bond donors (Lipinski definition) is 1. The second kappa shape index (κ2) is 7.80. The lowest BCUT2D eigenvalue weighted by Crippen LogP contribution is -2.61. The van der Waals surface area contributed by atoms with E-state index < -0.39 is 0 Å². The van der Waals surface area contributed by atoms with Gasteiger partial charge < -0.3 is 10.2 Å². The van der Waals surface area contributed by atoms with Crippen LogP contribution in [0.3, 0.4) is 0 Å². The molecule has 176 valence electrons. The third-order valence-electron chi connectivity index (χ3n) is 8.69. The Morgan fingerprint density at radius 2 is 1.79 bits per heavy atom. The van der Waals surface area contributed by atoms with Crippen LogP contribution in [-0.2, 0) is 5.41 Å². The fraction of sp³-hybridized carbons (Fsp3) is 0.481. The minimum absolute atomic E-state index is 0.182. The van der Waals surface area contributed by atoms with Crippen molar-refractivity contribution in [1.82, 2.24) is 19.8 Å². The first kappa shape index (κ1) is 20.9. The first-order chi connectivity index (χ1) is 16.7. The topological polar surface area (TPSA) is 53.4 Å². The van der Waals surface area contributed by atoms with Gasteiger partial charge in [0.15, 0.2) is 0 Å². The predicted molar refractivity (Wildman–Crippen MR) is 137 cm³/mol. The number of fused-ring (bicyclic) bond motifs is 7. The Hall–Kier alpha value is -2.41. The molecule has 1 aliphatic carbocycles. The average Bonchev–Trinajstić information content (AvgIpc) is 3.08. The van der Waals surface area contributed by atoms with Crippen molar-refractivity contribution in [2.45, 2.75) is 43.6 Å². The third kappa shape index (κ3) is 2.95. The number of nitrogens with zero attached hydrogens (tertiary/aromatic N) is 4. The van der Waals surface area contributed by atoms with Crippen molar-refractivity contribution in [3.8, 4) is 5.69 Å². The van der Waals surface area contributed by atoms with Crippen molar-refractivity contribution >= 4 is 28.2 Å². The lowest BCUT2D eigenvalue weighted by Gasteiger charge is -2.44. The summed E-state index contributed by atoms with van der Waals surface area (Å²) < 4.78 is 2.23. The van der Waals surface area contributed by atoms with Crippen molar-refractivity contribution in [2.24, 2.45) is 0 Å². The Morgan fingerprint density at radius 3 is 2.53 bits per heavy atom. The summed E-state index contributed by atoms with van der Waals surface area (Å²) in [4.78, 5) is 23.0. The molecule has 2 saturated heterocycles. The van der Waals surface area contributed by atoms with Crippen LogP contribution in [0.1, 0.15) is 43.5 Å². The Kier molecular flexibility index (Phi) is 4.80. The SMILES string of the molecule is O=c1nc2n(c3cccc(Cl)c13)-c1ccc(N3CCN(C4CNC4)CC3)cc1C21CCCCC1. The highest BCUT2D eigenvalue weighted by molar-refractivity contribution is 6.35. The highest BCUT2D eigenvalue weighted by Gasteiger charge is 2.46. The number of aromatic nitrogens is 2. The predicted octanol–water partition coefficient (Wildman–Crippen LogP) is 3.70. The molecule has 1 spiro atoms. The molecule has 0 radical (unpaired) electrons. The molecule has 1 aromatic heterocycles. The Bertz CT molecular complexity index is 1330. The third-order valence-corrected chi connectivity index (χ3v) is 9.01. The first-order valence-corrected chi connectivity index (χ1v) is 13.1. The average molecular weight is 476 g/mol. The maximum Gasteiger partial charge on any atom is 0.282 e. The van der Waals surface area contributed by atoms with Gasteiger partial charge >= 0.3 is 0 Å². The van der Waals surface area contributed by atoms with Crippen LogP contribution in [0.2, 0.25) is 5.02 Å². The standard InChI is InChI=1S/C27H30ClN5O/c28-21-5-4-6-23-24(21)25(34)30-26-27(9-2-1-3-10-27)20-15-18(7-8-22(20)33(23)26)31-11-13-32(14-12-31)19-16-29-17-19/h4-8,15,19,29H,1-3,9-14,16-17H2. The van der Waals surface area contributed by atoms with Crippen LogP contribution >= 0.6 is 11.6 Å². The minimum atomic E-state index is -0.202. The number of halogens is 1. The molecule has 2 aromatic carbocycles. The molecule has 0 unspecified atom stereocenters. The Labute approximate surface area is 204 Å². The van der Waals surface area contributed by atoms with Gasteiger partial charge in [0.25, 0.3) is 5.56 Å². The molecule has 4 aliphatic rings. The molecule has 1 N–H and O–H groups in total. The number of rotatable bonds is 2. The van der Waals surface area contributed by atoms with Crippen LogP contribution in [0.5, 0.6) is 0 Å². The summed E-state index contributed by atoms with van der Waals surface area (Å²) >= 11 is 6.48. The maximum atomic E-state index is 13.1. The van der Waals surface area contributed by atoms with Gasteiger partial charge in [0, 0.05) is 51.0 Å². The maximum absolute atomic E-state index is 13.1. The van der Waals surface area contributed by atoms with Gasteiger partial charge in [-0.15, -0.1) is 0 Å². The zero-order valence-electron chi connectivity index (χ0n) is 19.4. The van der Waals surface area contributed by atoms with Crippen LogP contribution in [-0.4, -0.2) is 59.8 Å². The number of piperazine rings is 1. The van der Waals surface area contributed by atoms with Gasteiger partial charge in [0.05, 0.1) is 27.0 Å². The summed E-state index contributed by atoms with van der Waals surface area (Å²) in [5.41, 5.74) is 4.30. The fourth-order valence-electron chi connectivity index (χ4n) is 6.74. The van der Waals surface area contributed by atoms with E-state index in [1.165, 1.54) is 36.2 Å². The summed E-state index contributed by atoms with van der Waals surface area (Å²) in [6.45, 7) is 6.61. The van der Waals surface area contributed by atoms with Crippen LogP contribution in [0.25, 0.3) is 16.6 Å². The number of benzene rings is 2. The van der Waals surface area contributed by atoms with Gasteiger partial charge in [-0.1, -0.05) is 36.9 Å². The van der Waals surface area contributed by atoms with Crippen LogP contribution < -0.4 is 15.8 Å². The normalized spacial score (nSPS) is 22.1. The number of nitrogens with one attached hydrogen (secondary N) is 1. The zero-order chi connectivity index (χ0) is 22.9. The Balaban J connectivity index is 1.34. The smallest absolute Gasteiger partial charge is 0.282 e. The summed E-state index contributed by atoms with van der Waals surface area (Å²) in [6, 6.07) is 13.4. The largest absolute Gasteiger partial charge is 0.369 e. The van der Waals surface area contributed by atoms with E-state index in [1.54, 1.807) is 6.07 Å². The molecule has 6 nitrogen and oxygen atoms in total. The number of anilines is 1. The molecule has 7 heteroatoms. The van der Waals surface area contributed by atoms with E-state index in [0.717, 1.165) is 63.5 Å². The summed E-state index contributed by atoms with van der Waals surface area (Å²) in [5.74, 6) is 0.918. The van der Waals surface area contributed by atoms with Crippen LogP contribution in [0, 0.1) is 0 Å². The van der Waals surface area contributed by atoms with E-state index in [-0.39, 0.29) is 11.0 Å². The van der Waals surface area contributed by atoms with Gasteiger partial charge in [0.1, 0.15) is 5.82 Å². The second-order valence-corrected chi connectivity index (χ2v) is 10.8. The van der Waals surface area contributed by atoms with Gasteiger partial charge in [-0.2, -0.15) is 4.98 Å². The molecular weight excluding hydrogens is 446 g/mol. The van der Waals surface area contributed by atoms with E-state index in [4.69, 9.17) is 16.6 Å². The van der Waals surface area contributed by atoms with Crippen molar-refractivity contribution in [3.63, 3.8) is 0 Å². The molecule has 0 amide bonds.